The zero-order chi connectivity index (χ0) is 12.4. The Kier molecular flexibility index (Phi) is 3.80. The van der Waals surface area contributed by atoms with E-state index in [1.807, 2.05) is 11.8 Å². The molecule has 2 saturated heterocycles. The molecule has 2 aliphatic heterocycles. The van der Waals surface area contributed by atoms with Crippen molar-refractivity contribution in [2.75, 3.05) is 24.7 Å². The summed E-state index contributed by atoms with van der Waals surface area (Å²) in [5.41, 5.74) is 1.29. The molecule has 0 aliphatic carbocycles. The molecule has 0 saturated carbocycles. The Balaban J connectivity index is 1.62. The van der Waals surface area contributed by atoms with Crippen LogP contribution in [-0.2, 0) is 0 Å². The summed E-state index contributed by atoms with van der Waals surface area (Å²) in [5, 5.41) is 3.73. The highest BCUT2D eigenvalue weighted by molar-refractivity contribution is 7.98. The summed E-state index contributed by atoms with van der Waals surface area (Å²) < 4.78 is 0. The lowest BCUT2D eigenvalue weighted by Gasteiger charge is -2.35. The van der Waals surface area contributed by atoms with Crippen LogP contribution in [0.25, 0.3) is 0 Å². The van der Waals surface area contributed by atoms with Crippen molar-refractivity contribution in [3.63, 3.8) is 0 Å². The van der Waals surface area contributed by atoms with Gasteiger partial charge in [-0.3, -0.25) is 0 Å². The number of nitrogens with one attached hydrogen (secondary N) is 1. The molecule has 2 nitrogen and oxygen atoms in total. The minimum Gasteiger partial charge on any atom is -0.382 e. The number of fused-ring (bicyclic) bond motifs is 1. The zero-order valence-electron chi connectivity index (χ0n) is 11.1. The topological polar surface area (TPSA) is 15.3 Å². The highest BCUT2D eigenvalue weighted by Crippen LogP contribution is 2.29. The molecular formula is C15H22N2S. The van der Waals surface area contributed by atoms with E-state index in [1.165, 1.54) is 49.4 Å². The Morgan fingerprint density at radius 3 is 3.11 bits per heavy atom. The van der Waals surface area contributed by atoms with E-state index in [-0.39, 0.29) is 0 Å². The standard InChI is InChI=1S/C15H22N2S/c1-18-15-6-2-4-12(11-15)16-13-7-9-17-8-3-5-14(17)10-13/h2,4,6,11,13-14,16H,3,5,7-10H2,1H3. The molecule has 98 valence electrons. The van der Waals surface area contributed by atoms with Crippen molar-refractivity contribution >= 4 is 17.4 Å². The van der Waals surface area contributed by atoms with Crippen molar-refractivity contribution < 1.29 is 0 Å². The lowest BCUT2D eigenvalue weighted by molar-refractivity contribution is 0.188. The minimum absolute atomic E-state index is 0.668. The van der Waals surface area contributed by atoms with Gasteiger partial charge in [0.15, 0.2) is 0 Å². The first-order chi connectivity index (χ1) is 8.85. The van der Waals surface area contributed by atoms with Gasteiger partial charge in [-0.1, -0.05) is 6.07 Å². The number of anilines is 1. The predicted molar refractivity (Wildman–Crippen MR) is 79.5 cm³/mol. The van der Waals surface area contributed by atoms with Gasteiger partial charge in [0.2, 0.25) is 0 Å². The molecule has 2 heterocycles. The molecule has 0 amide bonds. The third kappa shape index (κ3) is 2.67. The van der Waals surface area contributed by atoms with Crippen molar-refractivity contribution in [2.45, 2.75) is 42.7 Å². The molecule has 0 aromatic heterocycles. The lowest BCUT2D eigenvalue weighted by Crippen LogP contribution is -2.42. The first kappa shape index (κ1) is 12.4. The van der Waals surface area contributed by atoms with Gasteiger partial charge < -0.3 is 10.2 Å². The first-order valence-electron chi connectivity index (χ1n) is 7.00. The fourth-order valence-electron chi connectivity index (χ4n) is 3.30. The van der Waals surface area contributed by atoms with Crippen LogP contribution in [0.5, 0.6) is 0 Å². The van der Waals surface area contributed by atoms with Crippen LogP contribution in [0.15, 0.2) is 29.2 Å². The number of benzene rings is 1. The molecule has 3 rings (SSSR count). The van der Waals surface area contributed by atoms with Gasteiger partial charge in [0.05, 0.1) is 0 Å². The molecule has 2 unspecified atom stereocenters. The van der Waals surface area contributed by atoms with Crippen LogP contribution in [0.3, 0.4) is 0 Å². The molecule has 1 aromatic carbocycles. The Hall–Kier alpha value is -0.670. The van der Waals surface area contributed by atoms with Crippen LogP contribution in [0.2, 0.25) is 0 Å². The second kappa shape index (κ2) is 5.54. The van der Waals surface area contributed by atoms with E-state index in [4.69, 9.17) is 0 Å². The Morgan fingerprint density at radius 1 is 1.28 bits per heavy atom. The van der Waals surface area contributed by atoms with Crippen molar-refractivity contribution in [1.29, 1.82) is 0 Å². The number of rotatable bonds is 3. The molecule has 0 bridgehead atoms. The molecular weight excluding hydrogens is 240 g/mol. The first-order valence-corrected chi connectivity index (χ1v) is 8.22. The van der Waals surface area contributed by atoms with Gasteiger partial charge in [-0.05, 0) is 56.7 Å². The monoisotopic (exact) mass is 262 g/mol. The van der Waals surface area contributed by atoms with Crippen LogP contribution in [0.1, 0.15) is 25.7 Å². The quantitative estimate of drug-likeness (QED) is 0.840. The number of piperidine rings is 1. The smallest absolute Gasteiger partial charge is 0.0353 e. The minimum atomic E-state index is 0.668. The molecule has 2 atom stereocenters. The maximum Gasteiger partial charge on any atom is 0.0353 e. The molecule has 18 heavy (non-hydrogen) atoms. The van der Waals surface area contributed by atoms with Gasteiger partial charge in [0.1, 0.15) is 0 Å². The fraction of sp³-hybridized carbons (Fsp3) is 0.600. The molecule has 1 aromatic rings. The molecule has 3 heteroatoms. The van der Waals surface area contributed by atoms with E-state index in [0.717, 1.165) is 6.04 Å². The van der Waals surface area contributed by atoms with Crippen LogP contribution >= 0.6 is 11.8 Å². The van der Waals surface area contributed by atoms with E-state index in [9.17, 15) is 0 Å². The van der Waals surface area contributed by atoms with E-state index in [2.05, 4.69) is 40.7 Å². The van der Waals surface area contributed by atoms with Gasteiger partial charge in [0.25, 0.3) is 0 Å². The van der Waals surface area contributed by atoms with Crippen LogP contribution in [0.4, 0.5) is 5.69 Å². The summed E-state index contributed by atoms with van der Waals surface area (Å²) in [4.78, 5) is 4.02. The van der Waals surface area contributed by atoms with Crippen molar-refractivity contribution in [2.24, 2.45) is 0 Å². The largest absolute Gasteiger partial charge is 0.382 e. The van der Waals surface area contributed by atoms with E-state index in [0.29, 0.717) is 6.04 Å². The highest BCUT2D eigenvalue weighted by atomic mass is 32.2. The number of thioether (sulfide) groups is 1. The summed E-state index contributed by atoms with van der Waals surface area (Å²) in [6, 6.07) is 10.3. The van der Waals surface area contributed by atoms with Crippen molar-refractivity contribution in [3.8, 4) is 0 Å². The third-order valence-corrected chi connectivity index (χ3v) is 4.99. The van der Waals surface area contributed by atoms with Crippen LogP contribution in [-0.4, -0.2) is 36.3 Å². The fourth-order valence-corrected chi connectivity index (χ4v) is 3.76. The average molecular weight is 262 g/mol. The normalized spacial score (nSPS) is 28.1. The second-order valence-electron chi connectivity index (χ2n) is 5.43. The Labute approximate surface area is 114 Å². The maximum absolute atomic E-state index is 3.73. The van der Waals surface area contributed by atoms with Gasteiger partial charge >= 0.3 is 0 Å². The summed E-state index contributed by atoms with van der Waals surface area (Å²) >= 11 is 1.81. The van der Waals surface area contributed by atoms with Crippen molar-refractivity contribution in [1.82, 2.24) is 4.90 Å². The summed E-state index contributed by atoms with van der Waals surface area (Å²) in [6.45, 7) is 2.61. The predicted octanol–water partition coefficient (Wildman–Crippen LogP) is 3.45. The molecule has 1 N–H and O–H groups in total. The van der Waals surface area contributed by atoms with E-state index < -0.39 is 0 Å². The molecule has 2 fully saturated rings. The zero-order valence-corrected chi connectivity index (χ0v) is 11.9. The molecule has 0 radical (unpaired) electrons. The molecule has 2 aliphatic rings. The van der Waals surface area contributed by atoms with E-state index in [1.54, 1.807) is 0 Å². The molecule has 0 spiro atoms. The number of hydrogen-bond donors (Lipinski definition) is 1. The Bertz CT molecular complexity index is 407. The summed E-state index contributed by atoms with van der Waals surface area (Å²) in [6.07, 6.45) is 7.56. The maximum atomic E-state index is 3.73. The average Bonchev–Trinajstić information content (AvgIpc) is 2.86. The van der Waals surface area contributed by atoms with Gasteiger partial charge in [0, 0.05) is 29.2 Å². The number of nitrogens with zero attached hydrogens (tertiary/aromatic N) is 1. The van der Waals surface area contributed by atoms with Gasteiger partial charge in [-0.25, -0.2) is 0 Å². The van der Waals surface area contributed by atoms with Crippen molar-refractivity contribution in [3.05, 3.63) is 24.3 Å². The highest BCUT2D eigenvalue weighted by Gasteiger charge is 2.31. The van der Waals surface area contributed by atoms with Gasteiger partial charge in [-0.15, -0.1) is 11.8 Å². The van der Waals surface area contributed by atoms with E-state index >= 15 is 0 Å². The third-order valence-electron chi connectivity index (χ3n) is 4.26. The van der Waals surface area contributed by atoms with Crippen LogP contribution < -0.4 is 5.32 Å². The van der Waals surface area contributed by atoms with Gasteiger partial charge in [-0.2, -0.15) is 0 Å². The number of hydrogen-bond acceptors (Lipinski definition) is 3. The lowest BCUT2D eigenvalue weighted by atomic mass is 9.97. The van der Waals surface area contributed by atoms with Crippen LogP contribution in [0, 0.1) is 0 Å². The second-order valence-corrected chi connectivity index (χ2v) is 6.31. The SMILES string of the molecule is CSc1cccc(NC2CCN3CCCC3C2)c1. The summed E-state index contributed by atoms with van der Waals surface area (Å²) in [5.74, 6) is 0. The summed E-state index contributed by atoms with van der Waals surface area (Å²) in [7, 11) is 0. The Morgan fingerprint density at radius 2 is 2.22 bits per heavy atom.